The zero-order valence-electron chi connectivity index (χ0n) is 16.7. The Balaban J connectivity index is 1.74. The van der Waals surface area contributed by atoms with Crippen LogP contribution in [0, 0.1) is 11.2 Å². The Labute approximate surface area is 174 Å². The fourth-order valence-corrected chi connectivity index (χ4v) is 2.98. The summed E-state index contributed by atoms with van der Waals surface area (Å²) >= 11 is 1.41. The molecule has 0 aromatic heterocycles. The second-order valence-electron chi connectivity index (χ2n) is 7.42. The summed E-state index contributed by atoms with van der Waals surface area (Å²) in [6.45, 7) is 5.10. The Bertz CT molecular complexity index is 858. The first kappa shape index (κ1) is 22.6. The monoisotopic (exact) mass is 417 g/mol. The third-order valence-corrected chi connectivity index (χ3v) is 4.91. The summed E-state index contributed by atoms with van der Waals surface area (Å²) in [4.78, 5) is 36.8. The van der Waals surface area contributed by atoms with E-state index in [4.69, 9.17) is 4.74 Å². The number of benzene rings is 2. The highest BCUT2D eigenvalue weighted by molar-refractivity contribution is 7.99. The largest absolute Gasteiger partial charge is 0.457 e. The van der Waals surface area contributed by atoms with Crippen LogP contribution in [0.1, 0.15) is 37.6 Å². The molecular weight excluding hydrogens is 393 g/mol. The lowest BCUT2D eigenvalue weighted by Crippen LogP contribution is -2.27. The number of thioether (sulfide) groups is 1. The first-order valence-corrected chi connectivity index (χ1v) is 10.1. The number of carbonyl (C=O) groups is 3. The Morgan fingerprint density at radius 3 is 2.21 bits per heavy atom. The SMILES string of the molecule is CC(C)(C)C(=O)Nc1ccc(C(=O)COC(=O)CCSc2ccc(F)cc2)cc1. The molecule has 0 heterocycles. The minimum Gasteiger partial charge on any atom is -0.457 e. The third kappa shape index (κ3) is 7.69. The molecule has 2 aromatic carbocycles. The molecular formula is C22H24FNO4S. The third-order valence-electron chi connectivity index (χ3n) is 3.90. The summed E-state index contributed by atoms with van der Waals surface area (Å²) in [7, 11) is 0. The van der Waals surface area contributed by atoms with Crippen LogP contribution in [0.3, 0.4) is 0 Å². The number of anilines is 1. The van der Waals surface area contributed by atoms with E-state index in [1.165, 1.54) is 23.9 Å². The number of ketones is 1. The van der Waals surface area contributed by atoms with Crippen molar-refractivity contribution in [1.82, 2.24) is 0 Å². The second kappa shape index (κ2) is 10.2. The minimum atomic E-state index is -0.516. The van der Waals surface area contributed by atoms with Crippen LogP contribution in [0.2, 0.25) is 0 Å². The van der Waals surface area contributed by atoms with E-state index in [9.17, 15) is 18.8 Å². The lowest BCUT2D eigenvalue weighted by atomic mass is 9.95. The van der Waals surface area contributed by atoms with Crippen LogP contribution in [-0.2, 0) is 14.3 Å². The molecule has 0 saturated heterocycles. The molecule has 0 unspecified atom stereocenters. The number of esters is 1. The summed E-state index contributed by atoms with van der Waals surface area (Å²) in [5.41, 5.74) is 0.473. The van der Waals surface area contributed by atoms with Crippen molar-refractivity contribution < 1.29 is 23.5 Å². The number of rotatable bonds is 8. The van der Waals surface area contributed by atoms with Crippen molar-refractivity contribution in [2.75, 3.05) is 17.7 Å². The lowest BCUT2D eigenvalue weighted by Gasteiger charge is -2.17. The van der Waals surface area contributed by atoms with E-state index in [2.05, 4.69) is 5.32 Å². The van der Waals surface area contributed by atoms with Crippen molar-refractivity contribution in [2.24, 2.45) is 5.41 Å². The first-order valence-electron chi connectivity index (χ1n) is 9.14. The molecule has 0 spiro atoms. The molecule has 0 fully saturated rings. The van der Waals surface area contributed by atoms with Gasteiger partial charge in [-0.15, -0.1) is 11.8 Å². The van der Waals surface area contributed by atoms with Gasteiger partial charge in [-0.05, 0) is 48.5 Å². The number of halogens is 1. The quantitative estimate of drug-likeness (QED) is 0.382. The molecule has 5 nitrogen and oxygen atoms in total. The molecule has 2 rings (SSSR count). The van der Waals surface area contributed by atoms with Crippen LogP contribution in [0.15, 0.2) is 53.4 Å². The van der Waals surface area contributed by atoms with Crippen LogP contribution >= 0.6 is 11.8 Å². The molecule has 7 heteroatoms. The predicted octanol–water partition coefficient (Wildman–Crippen LogP) is 4.72. The zero-order chi connectivity index (χ0) is 21.4. The second-order valence-corrected chi connectivity index (χ2v) is 8.59. The van der Waals surface area contributed by atoms with Gasteiger partial charge in [-0.25, -0.2) is 4.39 Å². The summed E-state index contributed by atoms with van der Waals surface area (Å²) in [6.07, 6.45) is 0.146. The summed E-state index contributed by atoms with van der Waals surface area (Å²) < 4.78 is 17.9. The van der Waals surface area contributed by atoms with Crippen LogP contribution in [0.5, 0.6) is 0 Å². The molecule has 1 N–H and O–H groups in total. The fourth-order valence-electron chi connectivity index (χ4n) is 2.14. The number of Topliss-reactive ketones (excluding diaryl/α,β-unsaturated/α-hetero) is 1. The molecule has 0 aliphatic heterocycles. The van der Waals surface area contributed by atoms with Gasteiger partial charge in [0.25, 0.3) is 0 Å². The molecule has 154 valence electrons. The highest BCUT2D eigenvalue weighted by Crippen LogP contribution is 2.19. The summed E-state index contributed by atoms with van der Waals surface area (Å²) in [6, 6.07) is 12.4. The maximum atomic E-state index is 12.8. The molecule has 0 aliphatic rings. The fraction of sp³-hybridized carbons (Fsp3) is 0.318. The predicted molar refractivity (Wildman–Crippen MR) is 112 cm³/mol. The minimum absolute atomic E-state index is 0.121. The Hall–Kier alpha value is -2.67. The van der Waals surface area contributed by atoms with Crippen molar-refractivity contribution in [2.45, 2.75) is 32.1 Å². The molecule has 0 atom stereocenters. The van der Waals surface area contributed by atoms with Gasteiger partial charge < -0.3 is 10.1 Å². The maximum absolute atomic E-state index is 12.8. The van der Waals surface area contributed by atoms with Crippen molar-refractivity contribution >= 4 is 35.1 Å². The number of carbonyl (C=O) groups excluding carboxylic acids is 3. The molecule has 0 bridgehead atoms. The van der Waals surface area contributed by atoms with Gasteiger partial charge in [-0.2, -0.15) is 0 Å². The van der Waals surface area contributed by atoms with E-state index < -0.39 is 11.4 Å². The number of hydrogen-bond acceptors (Lipinski definition) is 5. The van der Waals surface area contributed by atoms with Crippen molar-refractivity contribution in [1.29, 1.82) is 0 Å². The Morgan fingerprint density at radius 2 is 1.62 bits per heavy atom. The van der Waals surface area contributed by atoms with Crippen molar-refractivity contribution in [3.05, 3.63) is 59.9 Å². The standard InChI is InChI=1S/C22H24FNO4S/c1-22(2,3)21(27)24-17-8-4-15(5-9-17)19(25)14-28-20(26)12-13-29-18-10-6-16(23)7-11-18/h4-11H,12-14H2,1-3H3,(H,24,27). The van der Waals surface area contributed by atoms with Gasteiger partial charge in [-0.1, -0.05) is 20.8 Å². The Morgan fingerprint density at radius 1 is 1.00 bits per heavy atom. The van der Waals surface area contributed by atoms with Gasteiger partial charge in [0, 0.05) is 27.3 Å². The van der Waals surface area contributed by atoms with E-state index in [1.807, 2.05) is 20.8 Å². The number of ether oxygens (including phenoxy) is 1. The van der Waals surface area contributed by atoms with E-state index in [0.717, 1.165) is 4.90 Å². The first-order chi connectivity index (χ1) is 13.6. The summed E-state index contributed by atoms with van der Waals surface area (Å²) in [5.74, 6) is -0.748. The molecule has 0 saturated carbocycles. The average Bonchev–Trinajstić information content (AvgIpc) is 2.67. The normalized spacial score (nSPS) is 11.0. The van der Waals surface area contributed by atoms with Gasteiger partial charge >= 0.3 is 5.97 Å². The van der Waals surface area contributed by atoms with E-state index >= 15 is 0 Å². The molecule has 1 amide bonds. The lowest BCUT2D eigenvalue weighted by molar-refractivity contribution is -0.142. The highest BCUT2D eigenvalue weighted by atomic mass is 32.2. The van der Waals surface area contributed by atoms with Gasteiger partial charge in [0.2, 0.25) is 5.91 Å². The van der Waals surface area contributed by atoms with E-state index in [1.54, 1.807) is 36.4 Å². The van der Waals surface area contributed by atoms with Gasteiger partial charge in [0.1, 0.15) is 5.82 Å². The number of nitrogens with one attached hydrogen (secondary N) is 1. The van der Waals surface area contributed by atoms with E-state index in [0.29, 0.717) is 17.0 Å². The summed E-state index contributed by atoms with van der Waals surface area (Å²) in [5, 5.41) is 2.78. The van der Waals surface area contributed by atoms with Crippen molar-refractivity contribution in [3.63, 3.8) is 0 Å². The van der Waals surface area contributed by atoms with E-state index in [-0.39, 0.29) is 30.5 Å². The molecule has 0 aliphatic carbocycles. The number of hydrogen-bond donors (Lipinski definition) is 1. The van der Waals surface area contributed by atoms with Crippen LogP contribution in [-0.4, -0.2) is 30.0 Å². The smallest absolute Gasteiger partial charge is 0.307 e. The topological polar surface area (TPSA) is 72.5 Å². The molecule has 29 heavy (non-hydrogen) atoms. The van der Waals surface area contributed by atoms with Crippen LogP contribution < -0.4 is 5.32 Å². The Kier molecular flexibility index (Phi) is 7.96. The van der Waals surface area contributed by atoms with Gasteiger partial charge in [-0.3, -0.25) is 14.4 Å². The van der Waals surface area contributed by atoms with Crippen molar-refractivity contribution in [3.8, 4) is 0 Å². The van der Waals surface area contributed by atoms with Gasteiger partial charge in [0.05, 0.1) is 6.42 Å². The maximum Gasteiger partial charge on any atom is 0.307 e. The van der Waals surface area contributed by atoms with Gasteiger partial charge in [0.15, 0.2) is 12.4 Å². The highest BCUT2D eigenvalue weighted by Gasteiger charge is 2.21. The molecule has 0 radical (unpaired) electrons. The zero-order valence-corrected chi connectivity index (χ0v) is 17.5. The molecule has 2 aromatic rings. The average molecular weight is 418 g/mol. The van der Waals surface area contributed by atoms with Crippen LogP contribution in [0.25, 0.3) is 0 Å². The van der Waals surface area contributed by atoms with Crippen LogP contribution in [0.4, 0.5) is 10.1 Å². The number of amides is 1.